The summed E-state index contributed by atoms with van der Waals surface area (Å²) in [6.45, 7) is 1.81. The monoisotopic (exact) mass is 340 g/mol. The first kappa shape index (κ1) is 16.0. The van der Waals surface area contributed by atoms with E-state index in [9.17, 15) is 8.42 Å². The third kappa shape index (κ3) is 3.11. The average Bonchev–Trinajstić information content (AvgIpc) is 3.00. The van der Waals surface area contributed by atoms with Crippen LogP contribution >= 0.6 is 22.9 Å². The molecule has 1 heterocycles. The van der Waals surface area contributed by atoms with Gasteiger partial charge < -0.3 is 0 Å². The summed E-state index contributed by atoms with van der Waals surface area (Å²) in [6.07, 6.45) is 0. The second kappa shape index (κ2) is 6.16. The van der Waals surface area contributed by atoms with Gasteiger partial charge in [0.15, 0.2) is 0 Å². The number of rotatable bonds is 4. The zero-order chi connectivity index (χ0) is 15.6. The van der Waals surface area contributed by atoms with Crippen molar-refractivity contribution in [3.63, 3.8) is 0 Å². The van der Waals surface area contributed by atoms with E-state index in [0.29, 0.717) is 0 Å². The quantitative estimate of drug-likeness (QED) is 0.853. The SMILES string of the molecule is CC(c1cccs1)N(C)S(=O)(=O)c1cc(C#N)ccc1Cl. The summed E-state index contributed by atoms with van der Waals surface area (Å²) in [7, 11) is -2.26. The Bertz CT molecular complexity index is 780. The molecule has 0 bridgehead atoms. The van der Waals surface area contributed by atoms with Crippen LogP contribution in [0.4, 0.5) is 0 Å². The maximum absolute atomic E-state index is 12.7. The van der Waals surface area contributed by atoms with Crippen molar-refractivity contribution in [3.8, 4) is 6.07 Å². The minimum atomic E-state index is -3.77. The number of benzene rings is 1. The molecule has 2 rings (SSSR count). The fourth-order valence-electron chi connectivity index (χ4n) is 1.84. The molecule has 21 heavy (non-hydrogen) atoms. The van der Waals surface area contributed by atoms with Gasteiger partial charge in [-0.1, -0.05) is 17.7 Å². The minimum absolute atomic E-state index is 0.0471. The largest absolute Gasteiger partial charge is 0.244 e. The highest BCUT2D eigenvalue weighted by Gasteiger charge is 2.29. The molecular formula is C14H13ClN2O2S2. The van der Waals surface area contributed by atoms with Crippen molar-refractivity contribution < 1.29 is 8.42 Å². The summed E-state index contributed by atoms with van der Waals surface area (Å²) in [5.74, 6) is 0. The molecule has 1 aromatic heterocycles. The lowest BCUT2D eigenvalue weighted by atomic mass is 10.2. The highest BCUT2D eigenvalue weighted by molar-refractivity contribution is 7.89. The number of halogens is 1. The Morgan fingerprint density at radius 1 is 1.38 bits per heavy atom. The van der Waals surface area contributed by atoms with Crippen LogP contribution in [0.2, 0.25) is 5.02 Å². The Kier molecular flexibility index (Phi) is 4.69. The molecule has 1 unspecified atom stereocenters. The molecule has 0 saturated heterocycles. The number of thiophene rings is 1. The Morgan fingerprint density at radius 2 is 2.10 bits per heavy atom. The number of sulfonamides is 1. The molecule has 0 radical (unpaired) electrons. The van der Waals surface area contributed by atoms with Crippen LogP contribution < -0.4 is 0 Å². The van der Waals surface area contributed by atoms with Crippen LogP contribution in [0.1, 0.15) is 23.4 Å². The predicted molar refractivity (Wildman–Crippen MR) is 83.8 cm³/mol. The lowest BCUT2D eigenvalue weighted by Gasteiger charge is -2.24. The van der Waals surface area contributed by atoms with E-state index in [1.807, 2.05) is 30.5 Å². The zero-order valence-electron chi connectivity index (χ0n) is 11.4. The Morgan fingerprint density at radius 3 is 2.67 bits per heavy atom. The van der Waals surface area contributed by atoms with E-state index < -0.39 is 10.0 Å². The van der Waals surface area contributed by atoms with Crippen LogP contribution in [-0.4, -0.2) is 19.8 Å². The number of nitrogens with zero attached hydrogens (tertiary/aromatic N) is 2. The molecule has 0 spiro atoms. The molecule has 110 valence electrons. The van der Waals surface area contributed by atoms with E-state index in [2.05, 4.69) is 0 Å². The van der Waals surface area contributed by atoms with Crippen LogP contribution in [0.5, 0.6) is 0 Å². The van der Waals surface area contributed by atoms with Gasteiger partial charge in [0.05, 0.1) is 22.7 Å². The number of nitriles is 1. The van der Waals surface area contributed by atoms with Gasteiger partial charge >= 0.3 is 0 Å². The highest BCUT2D eigenvalue weighted by atomic mass is 35.5. The highest BCUT2D eigenvalue weighted by Crippen LogP contribution is 2.31. The second-order valence-electron chi connectivity index (χ2n) is 4.47. The normalized spacial score (nSPS) is 13.1. The van der Waals surface area contributed by atoms with Crippen molar-refractivity contribution in [1.82, 2.24) is 4.31 Å². The fraction of sp³-hybridized carbons (Fsp3) is 0.214. The van der Waals surface area contributed by atoms with Gasteiger partial charge in [-0.3, -0.25) is 0 Å². The number of hydrogen-bond donors (Lipinski definition) is 0. The Labute approximate surface area is 133 Å². The average molecular weight is 341 g/mol. The molecule has 0 N–H and O–H groups in total. The first-order valence-corrected chi connectivity index (χ1v) is 8.78. The first-order chi connectivity index (χ1) is 9.87. The molecule has 0 aliphatic rings. The van der Waals surface area contributed by atoms with E-state index in [1.165, 1.54) is 40.9 Å². The van der Waals surface area contributed by atoms with Gasteiger partial charge in [0.1, 0.15) is 4.90 Å². The molecule has 1 atom stereocenters. The summed E-state index contributed by atoms with van der Waals surface area (Å²) in [5, 5.41) is 10.9. The van der Waals surface area contributed by atoms with Gasteiger partial charge in [0.25, 0.3) is 0 Å². The summed E-state index contributed by atoms with van der Waals surface area (Å²) < 4.78 is 26.7. The molecule has 4 nitrogen and oxygen atoms in total. The van der Waals surface area contributed by atoms with Crippen molar-refractivity contribution in [1.29, 1.82) is 5.26 Å². The van der Waals surface area contributed by atoms with Gasteiger partial charge in [-0.05, 0) is 36.6 Å². The number of hydrogen-bond acceptors (Lipinski definition) is 4. The van der Waals surface area contributed by atoms with Crippen LogP contribution in [0, 0.1) is 11.3 Å². The zero-order valence-corrected chi connectivity index (χ0v) is 13.8. The van der Waals surface area contributed by atoms with Gasteiger partial charge in [0, 0.05) is 11.9 Å². The summed E-state index contributed by atoms with van der Waals surface area (Å²) in [6, 6.07) is 9.59. The summed E-state index contributed by atoms with van der Waals surface area (Å²) >= 11 is 7.49. The molecule has 0 saturated carbocycles. The molecule has 2 aromatic rings. The van der Waals surface area contributed by atoms with Crippen molar-refractivity contribution in [2.45, 2.75) is 17.9 Å². The standard InChI is InChI=1S/C14H13ClN2O2S2/c1-10(13-4-3-7-20-13)17(2)21(18,19)14-8-11(9-16)5-6-12(14)15/h3-8,10H,1-2H3. The van der Waals surface area contributed by atoms with Crippen LogP contribution in [0.15, 0.2) is 40.6 Å². The summed E-state index contributed by atoms with van der Waals surface area (Å²) in [4.78, 5) is 0.891. The molecular weight excluding hydrogens is 328 g/mol. The van der Waals surface area contributed by atoms with Crippen molar-refractivity contribution in [3.05, 3.63) is 51.2 Å². The van der Waals surface area contributed by atoms with E-state index in [4.69, 9.17) is 16.9 Å². The van der Waals surface area contributed by atoms with Gasteiger partial charge in [-0.25, -0.2) is 8.42 Å². The molecule has 0 amide bonds. The van der Waals surface area contributed by atoms with Gasteiger partial charge in [0.2, 0.25) is 10.0 Å². The van der Waals surface area contributed by atoms with E-state index >= 15 is 0 Å². The van der Waals surface area contributed by atoms with E-state index in [-0.39, 0.29) is 21.5 Å². The van der Waals surface area contributed by atoms with Crippen molar-refractivity contribution in [2.24, 2.45) is 0 Å². The lowest BCUT2D eigenvalue weighted by molar-refractivity contribution is 0.403. The summed E-state index contributed by atoms with van der Waals surface area (Å²) in [5.41, 5.74) is 0.259. The predicted octanol–water partition coefficient (Wildman–Crippen LogP) is 3.65. The Balaban J connectivity index is 2.45. The van der Waals surface area contributed by atoms with Crippen LogP contribution in [0.25, 0.3) is 0 Å². The molecule has 7 heteroatoms. The maximum atomic E-state index is 12.7. The first-order valence-electron chi connectivity index (χ1n) is 6.09. The molecule has 1 aromatic carbocycles. The third-order valence-electron chi connectivity index (χ3n) is 3.22. The minimum Gasteiger partial charge on any atom is -0.207 e. The van der Waals surface area contributed by atoms with Crippen LogP contribution in [-0.2, 0) is 10.0 Å². The van der Waals surface area contributed by atoms with Crippen molar-refractivity contribution >= 4 is 33.0 Å². The smallest absolute Gasteiger partial charge is 0.207 e. The molecule has 0 aliphatic carbocycles. The maximum Gasteiger partial charge on any atom is 0.244 e. The van der Waals surface area contributed by atoms with E-state index in [0.717, 1.165) is 4.88 Å². The second-order valence-corrected chi connectivity index (χ2v) is 7.82. The van der Waals surface area contributed by atoms with E-state index in [1.54, 1.807) is 0 Å². The Hall–Kier alpha value is -1.39. The fourth-order valence-corrected chi connectivity index (χ4v) is 4.58. The third-order valence-corrected chi connectivity index (χ3v) is 6.67. The topological polar surface area (TPSA) is 61.2 Å². The van der Waals surface area contributed by atoms with Gasteiger partial charge in [-0.15, -0.1) is 11.3 Å². The van der Waals surface area contributed by atoms with Crippen molar-refractivity contribution in [2.75, 3.05) is 7.05 Å². The van der Waals surface area contributed by atoms with Crippen LogP contribution in [0.3, 0.4) is 0 Å². The lowest BCUT2D eigenvalue weighted by Crippen LogP contribution is -2.29. The van der Waals surface area contributed by atoms with Gasteiger partial charge in [-0.2, -0.15) is 9.57 Å². The molecule has 0 aliphatic heterocycles. The molecule has 0 fully saturated rings.